The van der Waals surface area contributed by atoms with Crippen molar-refractivity contribution in [2.45, 2.75) is 58.6 Å². The summed E-state index contributed by atoms with van der Waals surface area (Å²) in [6.07, 6.45) is 2.87. The fraction of sp³-hybridized carbons (Fsp3) is 0.500. The van der Waals surface area contributed by atoms with Crippen LogP contribution in [0.4, 0.5) is 14.9 Å². The van der Waals surface area contributed by atoms with Crippen molar-refractivity contribution in [3.63, 3.8) is 0 Å². The Morgan fingerprint density at radius 3 is 2.73 bits per heavy atom. The van der Waals surface area contributed by atoms with Gasteiger partial charge in [0.2, 0.25) is 5.91 Å². The number of alkyl carbamates (subject to hydrolysis) is 1. The van der Waals surface area contributed by atoms with Crippen molar-refractivity contribution in [3.05, 3.63) is 35.8 Å². The molecule has 0 fully saturated rings. The highest BCUT2D eigenvalue weighted by Crippen LogP contribution is 2.33. The molecule has 2 amide bonds. The van der Waals surface area contributed by atoms with Crippen LogP contribution in [0.3, 0.4) is 0 Å². The second kappa shape index (κ2) is 8.45. The van der Waals surface area contributed by atoms with E-state index in [9.17, 15) is 14.0 Å². The monoisotopic (exact) mass is 416 g/mol. The summed E-state index contributed by atoms with van der Waals surface area (Å²) in [7, 11) is 1.74. The van der Waals surface area contributed by atoms with Gasteiger partial charge in [-0.2, -0.15) is 5.10 Å². The van der Waals surface area contributed by atoms with E-state index in [2.05, 4.69) is 15.7 Å². The van der Waals surface area contributed by atoms with Gasteiger partial charge in [0.1, 0.15) is 11.4 Å². The molecule has 0 spiro atoms. The van der Waals surface area contributed by atoms with Crippen molar-refractivity contribution >= 4 is 17.7 Å². The summed E-state index contributed by atoms with van der Waals surface area (Å²) >= 11 is 0. The third-order valence-corrected chi connectivity index (χ3v) is 5.06. The topological polar surface area (TPSA) is 85.2 Å². The Bertz CT molecular complexity index is 948. The first-order chi connectivity index (χ1) is 14.0. The molecule has 0 saturated carbocycles. The number of amides is 2. The fourth-order valence-corrected chi connectivity index (χ4v) is 3.61. The number of fused-ring (bicyclic) bond motifs is 4. The van der Waals surface area contributed by atoms with Crippen molar-refractivity contribution < 1.29 is 18.7 Å². The predicted molar refractivity (Wildman–Crippen MR) is 112 cm³/mol. The summed E-state index contributed by atoms with van der Waals surface area (Å²) < 4.78 is 21.6. The number of carbonyl (C=O) groups is 2. The van der Waals surface area contributed by atoms with Crippen LogP contribution in [-0.2, 0) is 16.6 Å². The van der Waals surface area contributed by atoms with Crippen LogP contribution in [0.1, 0.15) is 58.6 Å². The van der Waals surface area contributed by atoms with Gasteiger partial charge in [-0.3, -0.25) is 9.48 Å². The number of nitrogens with one attached hydrogen (secondary N) is 2. The number of hydrogen-bond donors (Lipinski definition) is 2. The van der Waals surface area contributed by atoms with E-state index in [0.29, 0.717) is 41.8 Å². The van der Waals surface area contributed by atoms with E-state index in [4.69, 9.17) is 4.74 Å². The Balaban J connectivity index is 2.04. The lowest BCUT2D eigenvalue weighted by molar-refractivity contribution is -0.119. The minimum atomic E-state index is -0.640. The number of ether oxygens (including phenoxy) is 1. The highest BCUT2D eigenvalue weighted by molar-refractivity contribution is 5.95. The molecule has 1 aromatic carbocycles. The number of hydrogen-bond acceptors (Lipinski definition) is 4. The van der Waals surface area contributed by atoms with Gasteiger partial charge in [0.05, 0.1) is 23.6 Å². The molecule has 2 atom stereocenters. The highest BCUT2D eigenvalue weighted by Gasteiger charge is 2.25. The molecule has 1 aliphatic heterocycles. The van der Waals surface area contributed by atoms with Crippen LogP contribution in [-0.4, -0.2) is 27.4 Å². The van der Waals surface area contributed by atoms with Gasteiger partial charge in [-0.15, -0.1) is 0 Å². The molecular weight excluding hydrogens is 387 g/mol. The minimum Gasteiger partial charge on any atom is -0.444 e. The van der Waals surface area contributed by atoms with Crippen LogP contribution in [0.15, 0.2) is 24.4 Å². The molecule has 1 aliphatic rings. The molecule has 0 unspecified atom stereocenters. The number of aryl methyl sites for hydroxylation is 1. The maximum Gasteiger partial charge on any atom is 0.408 e. The average Bonchev–Trinajstić information content (AvgIpc) is 2.98. The summed E-state index contributed by atoms with van der Waals surface area (Å²) in [5.41, 5.74) is 1.71. The Morgan fingerprint density at radius 1 is 1.30 bits per heavy atom. The van der Waals surface area contributed by atoms with Crippen LogP contribution >= 0.6 is 0 Å². The van der Waals surface area contributed by atoms with Gasteiger partial charge < -0.3 is 15.4 Å². The highest BCUT2D eigenvalue weighted by atomic mass is 19.1. The standard InChI is InChI=1S/C22H29FN4O3/c1-13-7-6-8-17(26-21(29)30-22(2,3)4)14-9-15(11-16(23)10-14)19-18(25-20(13)28)12-24-27(19)5/h9-13,17H,6-8H2,1-5H3,(H,25,28)(H,26,29)/t13-,17+/m1/s1. The van der Waals surface area contributed by atoms with Gasteiger partial charge in [-0.05, 0) is 57.4 Å². The number of carbonyl (C=O) groups excluding carboxylic acids is 2. The van der Waals surface area contributed by atoms with Crippen LogP contribution < -0.4 is 10.6 Å². The molecule has 1 aromatic heterocycles. The SMILES string of the molecule is C[C@@H]1CCC[C@H](NC(=O)OC(C)(C)C)c2cc(F)cc(c2)-c2c(cnn2C)NC1=O. The number of nitrogens with zero attached hydrogens (tertiary/aromatic N) is 2. The van der Waals surface area contributed by atoms with Gasteiger partial charge in [0.15, 0.2) is 0 Å². The zero-order chi connectivity index (χ0) is 22.1. The van der Waals surface area contributed by atoms with Crippen LogP contribution in [0, 0.1) is 11.7 Å². The molecule has 30 heavy (non-hydrogen) atoms. The van der Waals surface area contributed by atoms with Gasteiger partial charge >= 0.3 is 6.09 Å². The summed E-state index contributed by atoms with van der Waals surface area (Å²) in [5.74, 6) is -0.754. The van der Waals surface area contributed by atoms with Gasteiger partial charge in [-0.25, -0.2) is 9.18 Å². The third-order valence-electron chi connectivity index (χ3n) is 5.06. The molecule has 3 rings (SSSR count). The molecule has 2 heterocycles. The van der Waals surface area contributed by atoms with Crippen LogP contribution in [0.25, 0.3) is 11.3 Å². The largest absolute Gasteiger partial charge is 0.444 e. The summed E-state index contributed by atoms with van der Waals surface area (Å²) in [4.78, 5) is 25.0. The maximum atomic E-state index is 14.6. The minimum absolute atomic E-state index is 0.113. The first-order valence-corrected chi connectivity index (χ1v) is 10.2. The van der Waals surface area contributed by atoms with Crippen molar-refractivity contribution in [2.75, 3.05) is 5.32 Å². The van der Waals surface area contributed by atoms with E-state index in [1.165, 1.54) is 12.1 Å². The number of rotatable bonds is 1. The molecule has 0 aliphatic carbocycles. The van der Waals surface area contributed by atoms with Gasteiger partial charge in [-0.1, -0.05) is 13.3 Å². The van der Waals surface area contributed by atoms with Crippen LogP contribution in [0.2, 0.25) is 0 Å². The third kappa shape index (κ3) is 5.17. The lowest BCUT2D eigenvalue weighted by Gasteiger charge is -2.25. The molecule has 2 N–H and O–H groups in total. The molecular formula is C22H29FN4O3. The zero-order valence-electron chi connectivity index (χ0n) is 18.1. The summed E-state index contributed by atoms with van der Waals surface area (Å²) in [5, 5.41) is 10.0. The lowest BCUT2D eigenvalue weighted by Crippen LogP contribution is -2.35. The molecule has 0 saturated heterocycles. The number of anilines is 1. The van der Waals surface area contributed by atoms with E-state index in [1.807, 2.05) is 13.0 Å². The first kappa shape index (κ1) is 21.8. The smallest absolute Gasteiger partial charge is 0.408 e. The summed E-state index contributed by atoms with van der Waals surface area (Å²) in [6, 6.07) is 4.20. The normalized spacial score (nSPS) is 19.7. The van der Waals surface area contributed by atoms with Crippen LogP contribution in [0.5, 0.6) is 0 Å². The van der Waals surface area contributed by atoms with E-state index < -0.39 is 23.6 Å². The maximum absolute atomic E-state index is 14.6. The second-order valence-corrected chi connectivity index (χ2v) is 8.82. The summed E-state index contributed by atoms with van der Waals surface area (Å²) in [6.45, 7) is 7.24. The van der Waals surface area contributed by atoms with E-state index in [-0.39, 0.29) is 11.8 Å². The molecule has 8 heteroatoms. The molecule has 0 radical (unpaired) electrons. The van der Waals surface area contributed by atoms with Gasteiger partial charge in [0.25, 0.3) is 0 Å². The average molecular weight is 416 g/mol. The Labute approximate surface area is 176 Å². The Hall–Kier alpha value is -2.90. The number of aromatic nitrogens is 2. The molecule has 2 aromatic rings. The van der Waals surface area contributed by atoms with Gasteiger partial charge in [0, 0.05) is 18.5 Å². The first-order valence-electron chi connectivity index (χ1n) is 10.2. The van der Waals surface area contributed by atoms with E-state index in [0.717, 1.165) is 0 Å². The van der Waals surface area contributed by atoms with E-state index >= 15 is 0 Å². The van der Waals surface area contributed by atoms with Crippen molar-refractivity contribution in [1.29, 1.82) is 0 Å². The number of halogens is 1. The Kier molecular flexibility index (Phi) is 6.14. The van der Waals surface area contributed by atoms with Crippen molar-refractivity contribution in [1.82, 2.24) is 15.1 Å². The quantitative estimate of drug-likeness (QED) is 0.714. The second-order valence-electron chi connectivity index (χ2n) is 8.82. The van der Waals surface area contributed by atoms with Crippen molar-refractivity contribution in [2.24, 2.45) is 13.0 Å². The predicted octanol–water partition coefficient (Wildman–Crippen LogP) is 4.55. The zero-order valence-corrected chi connectivity index (χ0v) is 18.1. The molecule has 2 bridgehead atoms. The number of benzene rings is 1. The van der Waals surface area contributed by atoms with Crippen molar-refractivity contribution in [3.8, 4) is 11.3 Å². The Morgan fingerprint density at radius 2 is 2.03 bits per heavy atom. The molecule has 7 nitrogen and oxygen atoms in total. The van der Waals surface area contributed by atoms with E-state index in [1.54, 1.807) is 38.7 Å². The lowest BCUT2D eigenvalue weighted by atomic mass is 9.94. The molecule has 162 valence electrons. The fourth-order valence-electron chi connectivity index (χ4n) is 3.61.